The summed E-state index contributed by atoms with van der Waals surface area (Å²) in [5.74, 6) is 1.45. The van der Waals surface area contributed by atoms with Gasteiger partial charge in [0.15, 0.2) is 17.5 Å². The fourth-order valence-electron chi connectivity index (χ4n) is 2.37. The first-order valence-corrected chi connectivity index (χ1v) is 7.75. The van der Waals surface area contributed by atoms with Gasteiger partial charge in [0.05, 0.1) is 18.8 Å². The molecule has 0 aliphatic rings. The van der Waals surface area contributed by atoms with E-state index in [4.69, 9.17) is 5.73 Å². The molecule has 0 unspecified atom stereocenters. The molecule has 0 atom stereocenters. The third-order valence-corrected chi connectivity index (χ3v) is 3.58. The highest BCUT2D eigenvalue weighted by molar-refractivity contribution is 5.77. The van der Waals surface area contributed by atoms with Crippen LogP contribution in [0.3, 0.4) is 0 Å². The Morgan fingerprint density at radius 3 is 2.56 bits per heavy atom. The molecule has 8 nitrogen and oxygen atoms in total. The number of amides is 1. The standard InChI is InChI=1S/C17H19N7O/c1-10-3-4-13(6-12(10)7-14(18)25)20-16-8-19-9-17(22-16)21-15-5-11(2)23-24-15/h3-6,8-9H,7H2,1-2H3,(H2,18,25)(H3,20,21,22,23,24). The molecule has 1 aromatic carbocycles. The molecule has 0 saturated carbocycles. The molecule has 3 aromatic rings. The molecule has 8 heteroatoms. The zero-order chi connectivity index (χ0) is 17.8. The normalized spacial score (nSPS) is 10.5. The zero-order valence-corrected chi connectivity index (χ0v) is 14.0. The number of rotatable bonds is 6. The van der Waals surface area contributed by atoms with Gasteiger partial charge in [-0.1, -0.05) is 6.07 Å². The van der Waals surface area contributed by atoms with E-state index in [1.807, 2.05) is 38.1 Å². The lowest BCUT2D eigenvalue weighted by molar-refractivity contribution is -0.117. The second-order valence-electron chi connectivity index (χ2n) is 5.76. The zero-order valence-electron chi connectivity index (χ0n) is 14.0. The third-order valence-electron chi connectivity index (χ3n) is 3.58. The van der Waals surface area contributed by atoms with Crippen LogP contribution >= 0.6 is 0 Å². The molecular formula is C17H19N7O. The van der Waals surface area contributed by atoms with Crippen LogP contribution in [-0.4, -0.2) is 26.1 Å². The summed E-state index contributed by atoms with van der Waals surface area (Å²) in [5, 5.41) is 13.2. The van der Waals surface area contributed by atoms with Crippen LogP contribution < -0.4 is 16.4 Å². The van der Waals surface area contributed by atoms with Crippen molar-refractivity contribution in [2.24, 2.45) is 5.73 Å². The lowest BCUT2D eigenvalue weighted by atomic mass is 10.0. The van der Waals surface area contributed by atoms with Crippen molar-refractivity contribution in [1.82, 2.24) is 20.2 Å². The highest BCUT2D eigenvalue weighted by atomic mass is 16.1. The third kappa shape index (κ3) is 4.31. The van der Waals surface area contributed by atoms with Gasteiger partial charge in [-0.15, -0.1) is 0 Å². The molecule has 2 heterocycles. The van der Waals surface area contributed by atoms with E-state index >= 15 is 0 Å². The lowest BCUT2D eigenvalue weighted by Crippen LogP contribution is -2.14. The summed E-state index contributed by atoms with van der Waals surface area (Å²) in [7, 11) is 0. The van der Waals surface area contributed by atoms with Crippen molar-refractivity contribution in [3.63, 3.8) is 0 Å². The van der Waals surface area contributed by atoms with Crippen LogP contribution in [0.25, 0.3) is 0 Å². The lowest BCUT2D eigenvalue weighted by Gasteiger charge is -2.10. The highest BCUT2D eigenvalue weighted by Gasteiger charge is 2.06. The Balaban J connectivity index is 1.76. The van der Waals surface area contributed by atoms with Gasteiger partial charge in [-0.25, -0.2) is 4.98 Å². The number of benzene rings is 1. The summed E-state index contributed by atoms with van der Waals surface area (Å²) in [5.41, 5.74) is 8.95. The SMILES string of the molecule is Cc1cc(Nc2cncc(Nc3ccc(C)c(CC(N)=O)c3)n2)n[nH]1. The number of hydrogen-bond acceptors (Lipinski definition) is 6. The largest absolute Gasteiger partial charge is 0.369 e. The molecule has 0 saturated heterocycles. The number of aryl methyl sites for hydroxylation is 2. The van der Waals surface area contributed by atoms with Gasteiger partial charge >= 0.3 is 0 Å². The van der Waals surface area contributed by atoms with Crippen LogP contribution in [0.2, 0.25) is 0 Å². The van der Waals surface area contributed by atoms with Gasteiger partial charge in [0, 0.05) is 17.4 Å². The summed E-state index contributed by atoms with van der Waals surface area (Å²) < 4.78 is 0. The topological polar surface area (TPSA) is 122 Å². The molecule has 0 radical (unpaired) electrons. The van der Waals surface area contributed by atoms with Crippen LogP contribution in [-0.2, 0) is 11.2 Å². The molecular weight excluding hydrogens is 318 g/mol. The van der Waals surface area contributed by atoms with Crippen LogP contribution in [0.1, 0.15) is 16.8 Å². The van der Waals surface area contributed by atoms with Crippen LogP contribution in [0, 0.1) is 13.8 Å². The molecule has 1 amide bonds. The number of aromatic amines is 1. The van der Waals surface area contributed by atoms with E-state index in [1.165, 1.54) is 0 Å². The fraction of sp³-hybridized carbons (Fsp3) is 0.176. The number of H-pyrrole nitrogens is 1. The molecule has 2 aromatic heterocycles. The minimum atomic E-state index is -0.361. The van der Waals surface area contributed by atoms with Gasteiger partial charge in [0.25, 0.3) is 0 Å². The molecule has 128 valence electrons. The van der Waals surface area contributed by atoms with E-state index in [0.29, 0.717) is 17.5 Å². The maximum Gasteiger partial charge on any atom is 0.221 e. The quantitative estimate of drug-likeness (QED) is 0.548. The molecule has 0 aliphatic carbocycles. The van der Waals surface area contributed by atoms with Crippen molar-refractivity contribution in [2.45, 2.75) is 20.3 Å². The van der Waals surface area contributed by atoms with Crippen molar-refractivity contribution in [2.75, 3.05) is 10.6 Å². The number of anilines is 4. The molecule has 0 spiro atoms. The predicted molar refractivity (Wildman–Crippen MR) is 96.0 cm³/mol. The van der Waals surface area contributed by atoms with Gasteiger partial charge in [-0.2, -0.15) is 5.10 Å². The monoisotopic (exact) mass is 337 g/mol. The minimum Gasteiger partial charge on any atom is -0.369 e. The van der Waals surface area contributed by atoms with E-state index < -0.39 is 0 Å². The van der Waals surface area contributed by atoms with Crippen molar-refractivity contribution < 1.29 is 4.79 Å². The van der Waals surface area contributed by atoms with Crippen LogP contribution in [0.5, 0.6) is 0 Å². The summed E-state index contributed by atoms with van der Waals surface area (Å²) in [4.78, 5) is 19.8. The Hall–Kier alpha value is -3.42. The van der Waals surface area contributed by atoms with E-state index in [-0.39, 0.29) is 12.3 Å². The summed E-state index contributed by atoms with van der Waals surface area (Å²) in [6.07, 6.45) is 3.44. The molecule has 3 rings (SSSR count). The first kappa shape index (κ1) is 16.4. The molecule has 0 bridgehead atoms. The first-order valence-electron chi connectivity index (χ1n) is 7.75. The van der Waals surface area contributed by atoms with Gasteiger partial charge in [0.2, 0.25) is 5.91 Å². The Morgan fingerprint density at radius 2 is 1.88 bits per heavy atom. The van der Waals surface area contributed by atoms with Gasteiger partial charge < -0.3 is 16.4 Å². The van der Waals surface area contributed by atoms with Crippen LogP contribution in [0.15, 0.2) is 36.7 Å². The van der Waals surface area contributed by atoms with E-state index in [0.717, 1.165) is 22.5 Å². The molecule has 0 fully saturated rings. The first-order chi connectivity index (χ1) is 12.0. The summed E-state index contributed by atoms with van der Waals surface area (Å²) in [6, 6.07) is 7.61. The van der Waals surface area contributed by atoms with E-state index in [2.05, 4.69) is 30.8 Å². The Labute approximate surface area is 144 Å². The highest BCUT2D eigenvalue weighted by Crippen LogP contribution is 2.20. The number of nitrogens with two attached hydrogens (primary N) is 1. The number of carbonyl (C=O) groups excluding carboxylic acids is 1. The number of nitrogens with zero attached hydrogens (tertiary/aromatic N) is 3. The second kappa shape index (κ2) is 7.00. The molecule has 0 aliphatic heterocycles. The van der Waals surface area contributed by atoms with Crippen molar-refractivity contribution in [3.05, 3.63) is 53.5 Å². The Morgan fingerprint density at radius 1 is 1.12 bits per heavy atom. The van der Waals surface area contributed by atoms with Gasteiger partial charge in [0.1, 0.15) is 0 Å². The van der Waals surface area contributed by atoms with E-state index in [9.17, 15) is 4.79 Å². The maximum absolute atomic E-state index is 11.2. The number of nitrogens with one attached hydrogen (secondary N) is 3. The fourth-order valence-corrected chi connectivity index (χ4v) is 2.37. The average Bonchev–Trinajstić information content (AvgIpc) is 2.95. The minimum absolute atomic E-state index is 0.202. The number of aromatic nitrogens is 4. The smallest absolute Gasteiger partial charge is 0.221 e. The van der Waals surface area contributed by atoms with Crippen molar-refractivity contribution >= 4 is 29.0 Å². The van der Waals surface area contributed by atoms with Crippen molar-refractivity contribution in [3.8, 4) is 0 Å². The maximum atomic E-state index is 11.2. The Bertz CT molecular complexity index is 904. The van der Waals surface area contributed by atoms with Crippen molar-refractivity contribution in [1.29, 1.82) is 0 Å². The summed E-state index contributed by atoms with van der Waals surface area (Å²) >= 11 is 0. The number of primary amides is 1. The molecule has 25 heavy (non-hydrogen) atoms. The number of carbonyl (C=O) groups is 1. The van der Waals surface area contributed by atoms with E-state index in [1.54, 1.807) is 12.4 Å². The van der Waals surface area contributed by atoms with Gasteiger partial charge in [-0.05, 0) is 37.1 Å². The van der Waals surface area contributed by atoms with Gasteiger partial charge in [-0.3, -0.25) is 14.9 Å². The number of hydrogen-bond donors (Lipinski definition) is 4. The Kier molecular flexibility index (Phi) is 4.60. The average molecular weight is 337 g/mol. The molecule has 5 N–H and O–H groups in total. The summed E-state index contributed by atoms with van der Waals surface area (Å²) in [6.45, 7) is 3.86. The predicted octanol–water partition coefficient (Wildman–Crippen LogP) is 2.33. The van der Waals surface area contributed by atoms with Crippen LogP contribution in [0.4, 0.5) is 23.1 Å². The second-order valence-corrected chi connectivity index (χ2v) is 5.76.